The molecule has 1 atom stereocenters. The van der Waals surface area contributed by atoms with E-state index in [1.807, 2.05) is 31.3 Å². The van der Waals surface area contributed by atoms with Gasteiger partial charge in [-0.05, 0) is 44.2 Å². The molecule has 0 aromatic heterocycles. The average Bonchev–Trinajstić information content (AvgIpc) is 2.35. The summed E-state index contributed by atoms with van der Waals surface area (Å²) in [6.07, 6.45) is 2.08. The lowest BCUT2D eigenvalue weighted by Gasteiger charge is -2.14. The van der Waals surface area contributed by atoms with Crippen LogP contribution in [0.3, 0.4) is 0 Å². The Balaban J connectivity index is 2.17. The van der Waals surface area contributed by atoms with Crippen molar-refractivity contribution in [3.63, 3.8) is 0 Å². The van der Waals surface area contributed by atoms with Crippen molar-refractivity contribution in [1.29, 1.82) is 0 Å². The van der Waals surface area contributed by atoms with Crippen molar-refractivity contribution < 1.29 is 9.47 Å². The van der Waals surface area contributed by atoms with Gasteiger partial charge in [-0.25, -0.2) is 0 Å². The number of rotatable bonds is 8. The first-order valence-corrected chi connectivity index (χ1v) is 6.60. The molecule has 3 nitrogen and oxygen atoms in total. The van der Waals surface area contributed by atoms with Gasteiger partial charge < -0.3 is 14.8 Å². The molecule has 0 fully saturated rings. The summed E-state index contributed by atoms with van der Waals surface area (Å²) < 4.78 is 11.8. The second-order valence-electron chi connectivity index (χ2n) is 3.89. The van der Waals surface area contributed by atoms with E-state index in [0.717, 1.165) is 36.3 Å². The number of ether oxygens (including phenoxy) is 2. The van der Waals surface area contributed by atoms with Gasteiger partial charge in [-0.1, -0.05) is 15.9 Å². The summed E-state index contributed by atoms with van der Waals surface area (Å²) in [4.78, 5) is 0. The van der Waals surface area contributed by atoms with Crippen molar-refractivity contribution in [2.75, 3.05) is 27.4 Å². The zero-order valence-electron chi connectivity index (χ0n) is 10.4. The van der Waals surface area contributed by atoms with Gasteiger partial charge >= 0.3 is 0 Å². The molecule has 0 saturated carbocycles. The van der Waals surface area contributed by atoms with E-state index >= 15 is 0 Å². The summed E-state index contributed by atoms with van der Waals surface area (Å²) in [5.74, 6) is 0.918. The van der Waals surface area contributed by atoms with Crippen LogP contribution in [0, 0.1) is 0 Å². The topological polar surface area (TPSA) is 30.5 Å². The van der Waals surface area contributed by atoms with Gasteiger partial charge in [-0.2, -0.15) is 0 Å². The van der Waals surface area contributed by atoms with Gasteiger partial charge in [0.1, 0.15) is 5.75 Å². The summed E-state index contributed by atoms with van der Waals surface area (Å²) in [5, 5.41) is 3.22. The third-order valence-corrected chi connectivity index (χ3v) is 3.08. The van der Waals surface area contributed by atoms with Crippen molar-refractivity contribution >= 4 is 15.9 Å². The highest BCUT2D eigenvalue weighted by molar-refractivity contribution is 9.10. The standard InChI is InChI=1S/C13H20BrNO2/c1-15-12(10-16-2)4-3-9-17-13-7-5-11(14)6-8-13/h5-8,12,15H,3-4,9-10H2,1-2H3. The molecule has 0 spiro atoms. The van der Waals surface area contributed by atoms with E-state index in [9.17, 15) is 0 Å². The van der Waals surface area contributed by atoms with E-state index in [1.165, 1.54) is 0 Å². The van der Waals surface area contributed by atoms with Gasteiger partial charge in [-0.15, -0.1) is 0 Å². The fourth-order valence-corrected chi connectivity index (χ4v) is 1.83. The average molecular weight is 302 g/mol. The Morgan fingerprint density at radius 3 is 2.59 bits per heavy atom. The molecule has 4 heteroatoms. The van der Waals surface area contributed by atoms with Crippen molar-refractivity contribution in [1.82, 2.24) is 5.32 Å². The van der Waals surface area contributed by atoms with Crippen LogP contribution >= 0.6 is 15.9 Å². The number of hydrogen-bond acceptors (Lipinski definition) is 3. The number of benzene rings is 1. The number of nitrogens with one attached hydrogen (secondary N) is 1. The molecule has 1 unspecified atom stereocenters. The summed E-state index contributed by atoms with van der Waals surface area (Å²) in [6, 6.07) is 8.31. The first-order valence-electron chi connectivity index (χ1n) is 5.81. The van der Waals surface area contributed by atoms with E-state index in [4.69, 9.17) is 9.47 Å². The highest BCUT2D eigenvalue weighted by atomic mass is 79.9. The summed E-state index contributed by atoms with van der Waals surface area (Å²) in [5.41, 5.74) is 0. The fourth-order valence-electron chi connectivity index (χ4n) is 1.56. The molecule has 1 rings (SSSR count). The summed E-state index contributed by atoms with van der Waals surface area (Å²) >= 11 is 3.40. The van der Waals surface area contributed by atoms with Crippen molar-refractivity contribution in [2.45, 2.75) is 18.9 Å². The fraction of sp³-hybridized carbons (Fsp3) is 0.538. The molecule has 0 radical (unpaired) electrons. The number of methoxy groups -OCH3 is 1. The minimum Gasteiger partial charge on any atom is -0.494 e. The van der Waals surface area contributed by atoms with Crippen LogP contribution in [0.5, 0.6) is 5.75 Å². The molecule has 1 aromatic carbocycles. The quantitative estimate of drug-likeness (QED) is 0.749. The normalized spacial score (nSPS) is 12.4. The molecular formula is C13H20BrNO2. The van der Waals surface area contributed by atoms with E-state index in [2.05, 4.69) is 21.2 Å². The van der Waals surface area contributed by atoms with Gasteiger partial charge in [0.2, 0.25) is 0 Å². The zero-order valence-corrected chi connectivity index (χ0v) is 12.0. The highest BCUT2D eigenvalue weighted by Crippen LogP contribution is 2.16. The van der Waals surface area contributed by atoms with Crippen LogP contribution in [0.4, 0.5) is 0 Å². The zero-order chi connectivity index (χ0) is 12.5. The van der Waals surface area contributed by atoms with Gasteiger partial charge in [0.25, 0.3) is 0 Å². The molecule has 0 saturated heterocycles. The monoisotopic (exact) mass is 301 g/mol. The first kappa shape index (κ1) is 14.5. The maximum Gasteiger partial charge on any atom is 0.119 e. The Kier molecular flexibility index (Phi) is 7.24. The van der Waals surface area contributed by atoms with E-state index in [1.54, 1.807) is 7.11 Å². The summed E-state index contributed by atoms with van der Waals surface area (Å²) in [6.45, 7) is 1.48. The molecule has 0 heterocycles. The highest BCUT2D eigenvalue weighted by Gasteiger charge is 2.04. The lowest BCUT2D eigenvalue weighted by Crippen LogP contribution is -2.30. The lowest BCUT2D eigenvalue weighted by molar-refractivity contribution is 0.161. The molecular weight excluding hydrogens is 282 g/mol. The smallest absolute Gasteiger partial charge is 0.119 e. The molecule has 1 N–H and O–H groups in total. The van der Waals surface area contributed by atoms with Gasteiger partial charge in [0, 0.05) is 17.6 Å². The Bertz CT molecular complexity index is 303. The van der Waals surface area contributed by atoms with Crippen molar-refractivity contribution in [3.05, 3.63) is 28.7 Å². The molecule has 0 aliphatic rings. The third kappa shape index (κ3) is 6.05. The van der Waals surface area contributed by atoms with E-state index in [-0.39, 0.29) is 0 Å². The van der Waals surface area contributed by atoms with Crippen molar-refractivity contribution in [2.24, 2.45) is 0 Å². The molecule has 0 aliphatic heterocycles. The van der Waals surface area contributed by atoms with E-state index < -0.39 is 0 Å². The van der Waals surface area contributed by atoms with Crippen LogP contribution in [0.2, 0.25) is 0 Å². The third-order valence-electron chi connectivity index (χ3n) is 2.56. The van der Waals surface area contributed by atoms with Crippen LogP contribution in [-0.4, -0.2) is 33.4 Å². The Hall–Kier alpha value is -0.580. The van der Waals surface area contributed by atoms with Gasteiger partial charge in [0.05, 0.1) is 13.2 Å². The van der Waals surface area contributed by atoms with Crippen LogP contribution in [-0.2, 0) is 4.74 Å². The predicted octanol–water partition coefficient (Wildman–Crippen LogP) is 2.84. The molecule has 0 bridgehead atoms. The Morgan fingerprint density at radius 2 is 2.00 bits per heavy atom. The second kappa shape index (κ2) is 8.50. The summed E-state index contributed by atoms with van der Waals surface area (Å²) in [7, 11) is 3.68. The minimum absolute atomic E-state index is 0.411. The lowest BCUT2D eigenvalue weighted by atomic mass is 10.2. The maximum atomic E-state index is 5.64. The molecule has 0 aliphatic carbocycles. The Labute approximate surface area is 112 Å². The van der Waals surface area contributed by atoms with E-state index in [0.29, 0.717) is 6.04 Å². The van der Waals surface area contributed by atoms with Crippen LogP contribution < -0.4 is 10.1 Å². The van der Waals surface area contributed by atoms with Gasteiger partial charge in [0.15, 0.2) is 0 Å². The largest absolute Gasteiger partial charge is 0.494 e. The molecule has 0 amide bonds. The van der Waals surface area contributed by atoms with Crippen LogP contribution in [0.1, 0.15) is 12.8 Å². The van der Waals surface area contributed by atoms with Crippen molar-refractivity contribution in [3.8, 4) is 5.75 Å². The van der Waals surface area contributed by atoms with Crippen LogP contribution in [0.15, 0.2) is 28.7 Å². The second-order valence-corrected chi connectivity index (χ2v) is 4.80. The minimum atomic E-state index is 0.411. The number of likely N-dealkylation sites (N-methyl/N-ethyl adjacent to an activating group) is 1. The SMILES string of the molecule is CNC(CCCOc1ccc(Br)cc1)COC. The first-order chi connectivity index (χ1) is 8.26. The molecule has 96 valence electrons. The molecule has 1 aromatic rings. The Morgan fingerprint density at radius 1 is 1.29 bits per heavy atom. The maximum absolute atomic E-state index is 5.64. The van der Waals surface area contributed by atoms with Gasteiger partial charge in [-0.3, -0.25) is 0 Å². The predicted molar refractivity (Wildman–Crippen MR) is 73.6 cm³/mol. The van der Waals surface area contributed by atoms with Crippen LogP contribution in [0.25, 0.3) is 0 Å². The molecule has 17 heavy (non-hydrogen) atoms. The number of halogens is 1. The number of hydrogen-bond donors (Lipinski definition) is 1.